The molecular formula is C15H28Cl2N4OS. The van der Waals surface area contributed by atoms with Gasteiger partial charge in [0.25, 0.3) is 5.91 Å². The average molecular weight is 383 g/mol. The summed E-state index contributed by atoms with van der Waals surface area (Å²) in [5.74, 6) is 0.535. The number of rotatable bonds is 7. The molecule has 0 aromatic carbocycles. The third-order valence-corrected chi connectivity index (χ3v) is 4.38. The third-order valence-electron chi connectivity index (χ3n) is 3.51. The first-order valence-electron chi connectivity index (χ1n) is 7.81. The second kappa shape index (κ2) is 12.0. The minimum atomic E-state index is -0.0402. The SMILES string of the molecule is CC(C)Cc1nc(C(=O)NCCCN2CCNCC2)cs1.Cl.Cl. The highest BCUT2D eigenvalue weighted by Gasteiger charge is 2.12. The van der Waals surface area contributed by atoms with Crippen LogP contribution < -0.4 is 10.6 Å². The molecule has 0 bridgehead atoms. The Morgan fingerprint density at radius 1 is 1.39 bits per heavy atom. The Morgan fingerprint density at radius 3 is 2.74 bits per heavy atom. The third kappa shape index (κ3) is 8.31. The van der Waals surface area contributed by atoms with E-state index in [2.05, 4.69) is 34.4 Å². The first-order chi connectivity index (χ1) is 10.1. The number of carbonyl (C=O) groups excluding carboxylic acids is 1. The van der Waals surface area contributed by atoms with Gasteiger partial charge in [0, 0.05) is 44.5 Å². The van der Waals surface area contributed by atoms with Crippen LogP contribution >= 0.6 is 36.2 Å². The summed E-state index contributed by atoms with van der Waals surface area (Å²) in [4.78, 5) is 18.8. The Balaban J connectivity index is 0.00000242. The van der Waals surface area contributed by atoms with Crippen LogP contribution in [-0.4, -0.2) is 55.1 Å². The van der Waals surface area contributed by atoms with Gasteiger partial charge in [-0.2, -0.15) is 0 Å². The molecule has 23 heavy (non-hydrogen) atoms. The molecule has 8 heteroatoms. The van der Waals surface area contributed by atoms with Crippen molar-refractivity contribution in [2.75, 3.05) is 39.3 Å². The van der Waals surface area contributed by atoms with Gasteiger partial charge in [0.05, 0.1) is 5.01 Å². The topological polar surface area (TPSA) is 57.3 Å². The second-order valence-electron chi connectivity index (χ2n) is 5.93. The van der Waals surface area contributed by atoms with Crippen molar-refractivity contribution in [2.24, 2.45) is 5.92 Å². The molecule has 1 amide bonds. The van der Waals surface area contributed by atoms with Gasteiger partial charge in [0.2, 0.25) is 0 Å². The highest BCUT2D eigenvalue weighted by molar-refractivity contribution is 7.09. The molecule has 134 valence electrons. The monoisotopic (exact) mass is 382 g/mol. The standard InChI is InChI=1S/C15H26N4OS.2ClH/c1-12(2)10-14-18-13(11-21-14)15(20)17-4-3-7-19-8-5-16-6-9-19;;/h11-12,16H,3-10H2,1-2H3,(H,17,20);2*1H. The van der Waals surface area contributed by atoms with E-state index >= 15 is 0 Å². The van der Waals surface area contributed by atoms with Gasteiger partial charge in [0.15, 0.2) is 0 Å². The molecule has 1 fully saturated rings. The van der Waals surface area contributed by atoms with Crippen LogP contribution in [0.25, 0.3) is 0 Å². The molecule has 2 N–H and O–H groups in total. The van der Waals surface area contributed by atoms with Crippen LogP contribution in [0.2, 0.25) is 0 Å². The van der Waals surface area contributed by atoms with Gasteiger partial charge in [-0.3, -0.25) is 4.79 Å². The first-order valence-corrected chi connectivity index (χ1v) is 8.69. The Labute approximate surface area is 155 Å². The van der Waals surface area contributed by atoms with Gasteiger partial charge in [-0.25, -0.2) is 4.98 Å². The summed E-state index contributed by atoms with van der Waals surface area (Å²) in [5.41, 5.74) is 0.567. The lowest BCUT2D eigenvalue weighted by Crippen LogP contribution is -2.44. The van der Waals surface area contributed by atoms with E-state index in [0.717, 1.165) is 57.1 Å². The lowest BCUT2D eigenvalue weighted by Gasteiger charge is -2.26. The molecule has 0 aliphatic carbocycles. The summed E-state index contributed by atoms with van der Waals surface area (Å²) >= 11 is 1.58. The number of halogens is 2. The van der Waals surface area contributed by atoms with Crippen LogP contribution in [-0.2, 0) is 6.42 Å². The predicted octanol–water partition coefficient (Wildman–Crippen LogP) is 2.21. The molecule has 1 aliphatic heterocycles. The molecule has 0 saturated carbocycles. The number of nitrogens with zero attached hydrogens (tertiary/aromatic N) is 2. The molecule has 1 aliphatic rings. The van der Waals surface area contributed by atoms with Gasteiger partial charge < -0.3 is 15.5 Å². The Kier molecular flexibility index (Phi) is 11.8. The van der Waals surface area contributed by atoms with Gasteiger partial charge in [0.1, 0.15) is 5.69 Å². The van der Waals surface area contributed by atoms with Gasteiger partial charge in [-0.05, 0) is 18.9 Å². The zero-order chi connectivity index (χ0) is 15.1. The zero-order valence-electron chi connectivity index (χ0n) is 13.8. The lowest BCUT2D eigenvalue weighted by atomic mass is 10.1. The number of thiazole rings is 1. The summed E-state index contributed by atoms with van der Waals surface area (Å²) < 4.78 is 0. The van der Waals surface area contributed by atoms with Crippen molar-refractivity contribution < 1.29 is 4.79 Å². The van der Waals surface area contributed by atoms with E-state index in [1.54, 1.807) is 11.3 Å². The van der Waals surface area contributed by atoms with Crippen LogP contribution in [0.15, 0.2) is 5.38 Å². The van der Waals surface area contributed by atoms with Crippen LogP contribution in [0, 0.1) is 5.92 Å². The van der Waals surface area contributed by atoms with Crippen LogP contribution in [0.3, 0.4) is 0 Å². The second-order valence-corrected chi connectivity index (χ2v) is 6.87. The van der Waals surface area contributed by atoms with E-state index < -0.39 is 0 Å². The molecule has 2 rings (SSSR count). The summed E-state index contributed by atoms with van der Waals surface area (Å²) in [6, 6.07) is 0. The molecular weight excluding hydrogens is 355 g/mol. The minimum Gasteiger partial charge on any atom is -0.351 e. The van der Waals surface area contributed by atoms with Crippen molar-refractivity contribution in [2.45, 2.75) is 26.7 Å². The predicted molar refractivity (Wildman–Crippen MR) is 101 cm³/mol. The number of nitrogens with one attached hydrogen (secondary N) is 2. The van der Waals surface area contributed by atoms with E-state index in [1.807, 2.05) is 5.38 Å². The molecule has 0 spiro atoms. The van der Waals surface area contributed by atoms with Crippen molar-refractivity contribution in [3.63, 3.8) is 0 Å². The summed E-state index contributed by atoms with van der Waals surface area (Å²) in [5, 5.41) is 9.23. The Morgan fingerprint density at radius 2 is 2.09 bits per heavy atom. The Bertz CT molecular complexity index is 450. The fourth-order valence-corrected chi connectivity index (χ4v) is 3.38. The summed E-state index contributed by atoms with van der Waals surface area (Å²) in [7, 11) is 0. The highest BCUT2D eigenvalue weighted by atomic mass is 35.5. The van der Waals surface area contributed by atoms with Gasteiger partial charge in [-0.1, -0.05) is 13.8 Å². The molecule has 1 aromatic heterocycles. The summed E-state index contributed by atoms with van der Waals surface area (Å²) in [6.07, 6.45) is 1.94. The smallest absolute Gasteiger partial charge is 0.270 e. The number of hydrogen-bond acceptors (Lipinski definition) is 5. The van der Waals surface area contributed by atoms with E-state index in [9.17, 15) is 4.79 Å². The quantitative estimate of drug-likeness (QED) is 0.709. The van der Waals surface area contributed by atoms with Crippen LogP contribution in [0.5, 0.6) is 0 Å². The summed E-state index contributed by atoms with van der Waals surface area (Å²) in [6.45, 7) is 10.5. The van der Waals surface area contributed by atoms with Crippen molar-refractivity contribution in [1.82, 2.24) is 20.5 Å². The van der Waals surface area contributed by atoms with E-state index in [-0.39, 0.29) is 30.7 Å². The number of aromatic nitrogens is 1. The first kappa shape index (κ1) is 22.6. The number of hydrogen-bond donors (Lipinski definition) is 2. The van der Waals surface area contributed by atoms with Crippen LogP contribution in [0.1, 0.15) is 35.8 Å². The molecule has 0 unspecified atom stereocenters. The number of piperazine rings is 1. The Hall–Kier alpha value is -0.400. The van der Waals surface area contributed by atoms with E-state index in [4.69, 9.17) is 0 Å². The fourth-order valence-electron chi connectivity index (χ4n) is 2.39. The zero-order valence-corrected chi connectivity index (χ0v) is 16.3. The highest BCUT2D eigenvalue weighted by Crippen LogP contribution is 2.14. The van der Waals surface area contributed by atoms with Crippen molar-refractivity contribution in [1.29, 1.82) is 0 Å². The normalized spacial score (nSPS) is 14.9. The molecule has 5 nitrogen and oxygen atoms in total. The lowest BCUT2D eigenvalue weighted by molar-refractivity contribution is 0.0946. The molecule has 1 aromatic rings. The van der Waals surface area contributed by atoms with E-state index in [0.29, 0.717) is 11.6 Å². The van der Waals surface area contributed by atoms with Crippen LogP contribution in [0.4, 0.5) is 0 Å². The molecule has 0 atom stereocenters. The van der Waals surface area contributed by atoms with Crippen molar-refractivity contribution in [3.8, 4) is 0 Å². The number of carbonyl (C=O) groups is 1. The molecule has 1 saturated heterocycles. The maximum atomic E-state index is 12.0. The largest absolute Gasteiger partial charge is 0.351 e. The maximum absolute atomic E-state index is 12.0. The maximum Gasteiger partial charge on any atom is 0.270 e. The van der Waals surface area contributed by atoms with Gasteiger partial charge >= 0.3 is 0 Å². The number of amides is 1. The van der Waals surface area contributed by atoms with Crippen molar-refractivity contribution >= 4 is 42.1 Å². The molecule has 2 heterocycles. The minimum absolute atomic E-state index is 0. The average Bonchev–Trinajstić information content (AvgIpc) is 2.92. The molecule has 0 radical (unpaired) electrons. The van der Waals surface area contributed by atoms with E-state index in [1.165, 1.54) is 0 Å². The van der Waals surface area contributed by atoms with Gasteiger partial charge in [-0.15, -0.1) is 36.2 Å². The fraction of sp³-hybridized carbons (Fsp3) is 0.733. The van der Waals surface area contributed by atoms with Crippen molar-refractivity contribution in [3.05, 3.63) is 16.1 Å².